The van der Waals surface area contributed by atoms with E-state index < -0.39 is 6.04 Å². The molecule has 1 heterocycles. The van der Waals surface area contributed by atoms with Crippen molar-refractivity contribution < 1.29 is 23.9 Å². The van der Waals surface area contributed by atoms with Crippen molar-refractivity contribution in [2.45, 2.75) is 31.7 Å². The smallest absolute Gasteiger partial charge is 0.323 e. The minimum atomic E-state index is -0.475. The summed E-state index contributed by atoms with van der Waals surface area (Å²) in [6, 6.07) is 8.81. The topological polar surface area (TPSA) is 72.9 Å². The minimum absolute atomic E-state index is 0.0300. The molecule has 1 aliphatic rings. The van der Waals surface area contributed by atoms with Crippen LogP contribution in [0.25, 0.3) is 0 Å². The highest BCUT2D eigenvalue weighted by molar-refractivity contribution is 5.97. The number of Topliss-reactive ketones (excluding diaryl/α,β-unsaturated/α-hetero) is 1. The molecule has 6 nitrogen and oxygen atoms in total. The SMILES string of the molecule is COC(=O)CCC(C(=O)OC)N1CCC(C(=O)c2ccccc2)CC1. The van der Waals surface area contributed by atoms with Crippen LogP contribution in [0.5, 0.6) is 0 Å². The van der Waals surface area contributed by atoms with Gasteiger partial charge in [0.15, 0.2) is 5.78 Å². The number of likely N-dealkylation sites (tertiary alicyclic amines) is 1. The first-order valence-electron chi connectivity index (χ1n) is 8.54. The molecule has 0 aromatic heterocycles. The number of ether oxygens (including phenoxy) is 2. The number of methoxy groups -OCH3 is 2. The van der Waals surface area contributed by atoms with Crippen molar-refractivity contribution in [1.82, 2.24) is 4.90 Å². The van der Waals surface area contributed by atoms with E-state index in [0.29, 0.717) is 32.4 Å². The molecule has 1 aromatic rings. The van der Waals surface area contributed by atoms with Crippen LogP contribution in [0.3, 0.4) is 0 Å². The number of benzene rings is 1. The highest BCUT2D eigenvalue weighted by Crippen LogP contribution is 2.24. The molecule has 2 rings (SSSR count). The van der Waals surface area contributed by atoms with Gasteiger partial charge >= 0.3 is 11.9 Å². The van der Waals surface area contributed by atoms with E-state index in [0.717, 1.165) is 5.56 Å². The van der Waals surface area contributed by atoms with Gasteiger partial charge in [0.1, 0.15) is 6.04 Å². The maximum atomic E-state index is 12.5. The third-order valence-corrected chi connectivity index (χ3v) is 4.72. The minimum Gasteiger partial charge on any atom is -0.469 e. The van der Waals surface area contributed by atoms with Gasteiger partial charge < -0.3 is 9.47 Å². The van der Waals surface area contributed by atoms with Crippen molar-refractivity contribution in [2.24, 2.45) is 5.92 Å². The molecule has 0 amide bonds. The van der Waals surface area contributed by atoms with Crippen LogP contribution >= 0.6 is 0 Å². The summed E-state index contributed by atoms with van der Waals surface area (Å²) in [6.45, 7) is 1.26. The maximum absolute atomic E-state index is 12.5. The first-order valence-corrected chi connectivity index (χ1v) is 8.54. The molecular weight excluding hydrogens is 322 g/mol. The van der Waals surface area contributed by atoms with Crippen LogP contribution < -0.4 is 0 Å². The van der Waals surface area contributed by atoms with Crippen molar-refractivity contribution in [3.8, 4) is 0 Å². The molecule has 0 bridgehead atoms. The van der Waals surface area contributed by atoms with E-state index >= 15 is 0 Å². The van der Waals surface area contributed by atoms with Gasteiger partial charge in [-0.1, -0.05) is 30.3 Å². The van der Waals surface area contributed by atoms with Crippen molar-refractivity contribution >= 4 is 17.7 Å². The Morgan fingerprint density at radius 1 is 1.08 bits per heavy atom. The predicted molar refractivity (Wildman–Crippen MR) is 92.1 cm³/mol. The van der Waals surface area contributed by atoms with Crippen LogP contribution in [0.15, 0.2) is 30.3 Å². The lowest BCUT2D eigenvalue weighted by molar-refractivity contribution is -0.148. The number of rotatable bonds is 7. The molecule has 1 saturated heterocycles. The fourth-order valence-corrected chi connectivity index (χ4v) is 3.25. The molecule has 0 N–H and O–H groups in total. The van der Waals surface area contributed by atoms with Crippen LogP contribution in [0.4, 0.5) is 0 Å². The molecule has 1 aromatic carbocycles. The average Bonchev–Trinajstić information content (AvgIpc) is 2.68. The van der Waals surface area contributed by atoms with Crippen molar-refractivity contribution in [2.75, 3.05) is 27.3 Å². The Balaban J connectivity index is 1.94. The maximum Gasteiger partial charge on any atom is 0.323 e. The third-order valence-electron chi connectivity index (χ3n) is 4.72. The molecule has 1 aliphatic heterocycles. The second kappa shape index (κ2) is 9.32. The largest absolute Gasteiger partial charge is 0.469 e. The van der Waals surface area contributed by atoms with E-state index in [9.17, 15) is 14.4 Å². The molecule has 1 fully saturated rings. The molecule has 0 spiro atoms. The second-order valence-electron chi connectivity index (χ2n) is 6.19. The summed E-state index contributed by atoms with van der Waals surface area (Å²) in [6.07, 6.45) is 1.91. The number of carbonyl (C=O) groups excluding carboxylic acids is 3. The molecule has 0 radical (unpaired) electrons. The van der Waals surface area contributed by atoms with Gasteiger partial charge in [-0.05, 0) is 32.4 Å². The first kappa shape index (κ1) is 19.1. The number of piperidine rings is 1. The molecule has 0 aliphatic carbocycles. The molecule has 6 heteroatoms. The zero-order valence-electron chi connectivity index (χ0n) is 14.8. The summed E-state index contributed by atoms with van der Waals surface area (Å²) < 4.78 is 9.52. The molecular formula is C19H25NO5. The summed E-state index contributed by atoms with van der Waals surface area (Å²) in [5.41, 5.74) is 0.733. The highest BCUT2D eigenvalue weighted by Gasteiger charge is 2.33. The Labute approximate surface area is 148 Å². The normalized spacial score (nSPS) is 16.9. The Hall–Kier alpha value is -2.21. The molecule has 0 saturated carbocycles. The van der Waals surface area contributed by atoms with Gasteiger partial charge in [0.2, 0.25) is 0 Å². The summed E-state index contributed by atoms with van der Waals surface area (Å²) in [4.78, 5) is 38.0. The zero-order valence-corrected chi connectivity index (χ0v) is 14.8. The summed E-state index contributed by atoms with van der Waals surface area (Å²) in [5, 5.41) is 0. The fourth-order valence-electron chi connectivity index (χ4n) is 3.25. The van der Waals surface area contributed by atoms with E-state index in [-0.39, 0.29) is 30.1 Å². The van der Waals surface area contributed by atoms with Crippen LogP contribution in [-0.2, 0) is 19.1 Å². The second-order valence-corrected chi connectivity index (χ2v) is 6.19. The van der Waals surface area contributed by atoms with Gasteiger partial charge in [0.25, 0.3) is 0 Å². The number of carbonyl (C=O) groups is 3. The summed E-state index contributed by atoms with van der Waals surface area (Å²) in [7, 11) is 2.68. The average molecular weight is 347 g/mol. The summed E-state index contributed by atoms with van der Waals surface area (Å²) >= 11 is 0. The highest BCUT2D eigenvalue weighted by atomic mass is 16.5. The van der Waals surface area contributed by atoms with Crippen LogP contribution in [0.1, 0.15) is 36.0 Å². The van der Waals surface area contributed by atoms with Gasteiger partial charge in [-0.25, -0.2) is 0 Å². The van der Waals surface area contributed by atoms with E-state index in [1.165, 1.54) is 14.2 Å². The van der Waals surface area contributed by atoms with E-state index in [2.05, 4.69) is 4.74 Å². The van der Waals surface area contributed by atoms with E-state index in [1.807, 2.05) is 35.2 Å². The molecule has 1 atom stereocenters. The van der Waals surface area contributed by atoms with Crippen LogP contribution in [-0.4, -0.2) is 56.0 Å². The lowest BCUT2D eigenvalue weighted by Gasteiger charge is -2.35. The van der Waals surface area contributed by atoms with Crippen molar-refractivity contribution in [1.29, 1.82) is 0 Å². The monoisotopic (exact) mass is 347 g/mol. The lowest BCUT2D eigenvalue weighted by atomic mass is 9.88. The molecule has 1 unspecified atom stereocenters. The fraction of sp³-hybridized carbons (Fsp3) is 0.526. The lowest BCUT2D eigenvalue weighted by Crippen LogP contribution is -2.47. The van der Waals surface area contributed by atoms with E-state index in [4.69, 9.17) is 4.74 Å². The van der Waals surface area contributed by atoms with Crippen LogP contribution in [0, 0.1) is 5.92 Å². The Bertz CT molecular complexity index is 593. The quantitative estimate of drug-likeness (QED) is 0.555. The Morgan fingerprint density at radius 2 is 1.72 bits per heavy atom. The van der Waals surface area contributed by atoms with Gasteiger partial charge in [-0.3, -0.25) is 19.3 Å². The van der Waals surface area contributed by atoms with Crippen molar-refractivity contribution in [3.63, 3.8) is 0 Å². The number of esters is 2. The zero-order chi connectivity index (χ0) is 18.2. The summed E-state index contributed by atoms with van der Waals surface area (Å²) in [5.74, 6) is -0.568. The van der Waals surface area contributed by atoms with Gasteiger partial charge in [0.05, 0.1) is 14.2 Å². The number of hydrogen-bond donors (Lipinski definition) is 0. The van der Waals surface area contributed by atoms with Gasteiger partial charge in [-0.15, -0.1) is 0 Å². The Kier molecular flexibility index (Phi) is 7.13. The predicted octanol–water partition coefficient (Wildman–Crippen LogP) is 2.08. The van der Waals surface area contributed by atoms with Gasteiger partial charge in [-0.2, -0.15) is 0 Å². The Morgan fingerprint density at radius 3 is 2.28 bits per heavy atom. The first-order chi connectivity index (χ1) is 12.1. The number of ketones is 1. The van der Waals surface area contributed by atoms with Crippen molar-refractivity contribution in [3.05, 3.63) is 35.9 Å². The van der Waals surface area contributed by atoms with Crippen LogP contribution in [0.2, 0.25) is 0 Å². The number of nitrogens with zero attached hydrogens (tertiary/aromatic N) is 1. The third kappa shape index (κ3) is 5.13. The number of hydrogen-bond acceptors (Lipinski definition) is 6. The molecule has 136 valence electrons. The van der Waals surface area contributed by atoms with E-state index in [1.54, 1.807) is 0 Å². The molecule has 25 heavy (non-hydrogen) atoms. The standard InChI is InChI=1S/C19H25NO5/c1-24-17(21)9-8-16(19(23)25-2)20-12-10-15(11-13-20)18(22)14-6-4-3-5-7-14/h3-7,15-16H,8-13H2,1-2H3. The van der Waals surface area contributed by atoms with Gasteiger partial charge in [0, 0.05) is 17.9 Å².